The molecular formula is C22H17N. The number of hydrogen-bond donors (Lipinski definition) is 0. The summed E-state index contributed by atoms with van der Waals surface area (Å²) in [5.41, 5.74) is 4.92. The molecule has 1 nitrogen and oxygen atoms in total. The number of hydrogen-bond acceptors (Lipinski definition) is 1. The lowest BCUT2D eigenvalue weighted by Gasteiger charge is -2.01. The Labute approximate surface area is 137 Å². The van der Waals surface area contributed by atoms with E-state index in [1.807, 2.05) is 72.8 Å². The third kappa shape index (κ3) is 4.18. The average Bonchev–Trinajstić information content (AvgIpc) is 2.62. The van der Waals surface area contributed by atoms with Gasteiger partial charge in [0.1, 0.15) is 5.71 Å². The lowest BCUT2D eigenvalue weighted by atomic mass is 10.1. The molecule has 0 heterocycles. The molecule has 0 unspecified atom stereocenters. The molecule has 0 amide bonds. The molecule has 110 valence electrons. The minimum Gasteiger partial charge on any atom is -0.239 e. The van der Waals surface area contributed by atoms with Crippen molar-refractivity contribution >= 4 is 11.4 Å². The number of aliphatic imine (C=N–C) groups is 1. The van der Waals surface area contributed by atoms with Crippen LogP contribution in [-0.2, 0) is 0 Å². The zero-order chi connectivity index (χ0) is 15.9. The van der Waals surface area contributed by atoms with Crippen LogP contribution < -0.4 is 0 Å². The molecule has 0 N–H and O–H groups in total. The van der Waals surface area contributed by atoms with Gasteiger partial charge in [-0.1, -0.05) is 72.1 Å². The summed E-state index contributed by atoms with van der Waals surface area (Å²) in [6.07, 6.45) is 0. The number of aryl methyl sites for hydroxylation is 1. The first-order valence-electron chi connectivity index (χ1n) is 7.59. The Morgan fingerprint density at radius 2 is 1.35 bits per heavy atom. The van der Waals surface area contributed by atoms with Gasteiger partial charge in [0.05, 0.1) is 5.69 Å². The number of nitrogens with zero attached hydrogens (tertiary/aromatic N) is 1. The van der Waals surface area contributed by atoms with Gasteiger partial charge in [0, 0.05) is 11.1 Å². The average molecular weight is 295 g/mol. The van der Waals surface area contributed by atoms with Crippen molar-refractivity contribution in [3.05, 3.63) is 102 Å². The molecule has 0 saturated heterocycles. The van der Waals surface area contributed by atoms with Crippen LogP contribution in [0.3, 0.4) is 0 Å². The summed E-state index contributed by atoms with van der Waals surface area (Å²) in [6, 6.07) is 28.2. The van der Waals surface area contributed by atoms with Gasteiger partial charge >= 0.3 is 0 Å². The van der Waals surface area contributed by atoms with E-state index >= 15 is 0 Å². The van der Waals surface area contributed by atoms with Crippen LogP contribution in [0.5, 0.6) is 0 Å². The number of benzene rings is 3. The highest BCUT2D eigenvalue weighted by molar-refractivity contribution is 6.14. The van der Waals surface area contributed by atoms with Crippen LogP contribution in [0.2, 0.25) is 0 Å². The van der Waals surface area contributed by atoms with Gasteiger partial charge in [0.2, 0.25) is 0 Å². The highest BCUT2D eigenvalue weighted by Crippen LogP contribution is 2.15. The van der Waals surface area contributed by atoms with E-state index in [1.165, 1.54) is 5.56 Å². The third-order valence-electron chi connectivity index (χ3n) is 3.42. The predicted molar refractivity (Wildman–Crippen MR) is 97.1 cm³/mol. The zero-order valence-electron chi connectivity index (χ0n) is 13.0. The summed E-state index contributed by atoms with van der Waals surface area (Å²) in [7, 11) is 0. The van der Waals surface area contributed by atoms with Crippen molar-refractivity contribution in [1.29, 1.82) is 0 Å². The highest BCUT2D eigenvalue weighted by Gasteiger charge is 2.00. The standard InChI is InChI=1S/C22H17N/c1-18-12-15-21(16-13-18)23-22(20-10-6-3-7-11-20)17-14-19-8-4-2-5-9-19/h2-13,15-16H,1H3. The maximum absolute atomic E-state index is 4.73. The van der Waals surface area contributed by atoms with Crippen LogP contribution in [0.15, 0.2) is 89.9 Å². The summed E-state index contributed by atoms with van der Waals surface area (Å²) in [5, 5.41) is 0. The van der Waals surface area contributed by atoms with E-state index < -0.39 is 0 Å². The first kappa shape index (κ1) is 14.8. The van der Waals surface area contributed by atoms with Gasteiger partial charge < -0.3 is 0 Å². The van der Waals surface area contributed by atoms with Gasteiger partial charge in [-0.2, -0.15) is 0 Å². The molecule has 3 rings (SSSR count). The van der Waals surface area contributed by atoms with Gasteiger partial charge in [-0.3, -0.25) is 0 Å². The summed E-state index contributed by atoms with van der Waals surface area (Å²) in [5.74, 6) is 6.41. The Morgan fingerprint density at radius 3 is 2.00 bits per heavy atom. The molecular weight excluding hydrogens is 278 g/mol. The minimum atomic E-state index is 0.776. The van der Waals surface area contributed by atoms with E-state index in [4.69, 9.17) is 4.99 Å². The van der Waals surface area contributed by atoms with Crippen molar-refractivity contribution in [2.24, 2.45) is 4.99 Å². The molecule has 0 spiro atoms. The van der Waals surface area contributed by atoms with Crippen molar-refractivity contribution in [3.8, 4) is 11.8 Å². The Bertz CT molecular complexity index is 849. The second-order valence-corrected chi connectivity index (χ2v) is 5.28. The second kappa shape index (κ2) is 7.24. The fraction of sp³-hybridized carbons (Fsp3) is 0.0455. The van der Waals surface area contributed by atoms with E-state index in [0.29, 0.717) is 0 Å². The molecule has 0 fully saturated rings. The molecule has 3 aromatic rings. The lowest BCUT2D eigenvalue weighted by molar-refractivity contribution is 1.43. The Kier molecular flexibility index (Phi) is 4.66. The van der Waals surface area contributed by atoms with E-state index in [-0.39, 0.29) is 0 Å². The molecule has 0 radical (unpaired) electrons. The smallest absolute Gasteiger partial charge is 0.121 e. The van der Waals surface area contributed by atoms with E-state index in [0.717, 1.165) is 22.5 Å². The third-order valence-corrected chi connectivity index (χ3v) is 3.42. The zero-order valence-corrected chi connectivity index (χ0v) is 13.0. The first-order chi connectivity index (χ1) is 11.3. The number of rotatable bonds is 2. The monoisotopic (exact) mass is 295 g/mol. The maximum atomic E-state index is 4.73. The quantitative estimate of drug-likeness (QED) is 0.457. The van der Waals surface area contributed by atoms with E-state index in [2.05, 4.69) is 30.9 Å². The van der Waals surface area contributed by atoms with Crippen LogP contribution in [0.1, 0.15) is 16.7 Å². The van der Waals surface area contributed by atoms with Gasteiger partial charge in [-0.15, -0.1) is 0 Å². The topological polar surface area (TPSA) is 12.4 Å². The van der Waals surface area contributed by atoms with Crippen LogP contribution in [0.4, 0.5) is 5.69 Å². The fourth-order valence-electron chi connectivity index (χ4n) is 2.16. The molecule has 0 aliphatic rings. The summed E-state index contributed by atoms with van der Waals surface area (Å²) in [4.78, 5) is 4.73. The molecule has 23 heavy (non-hydrogen) atoms. The molecule has 0 aliphatic heterocycles. The van der Waals surface area contributed by atoms with Gasteiger partial charge in [-0.25, -0.2) is 4.99 Å². The van der Waals surface area contributed by atoms with Gasteiger partial charge in [-0.05, 0) is 37.1 Å². The lowest BCUT2D eigenvalue weighted by Crippen LogP contribution is -1.96. The van der Waals surface area contributed by atoms with Crippen LogP contribution in [0, 0.1) is 18.8 Å². The SMILES string of the molecule is Cc1ccc(N=C(C#Cc2ccccc2)c2ccccc2)cc1. The van der Waals surface area contributed by atoms with Crippen molar-refractivity contribution < 1.29 is 0 Å². The highest BCUT2D eigenvalue weighted by atomic mass is 14.7. The van der Waals surface area contributed by atoms with E-state index in [1.54, 1.807) is 0 Å². The second-order valence-electron chi connectivity index (χ2n) is 5.28. The first-order valence-corrected chi connectivity index (χ1v) is 7.59. The largest absolute Gasteiger partial charge is 0.239 e. The summed E-state index contributed by atoms with van der Waals surface area (Å²) < 4.78 is 0. The van der Waals surface area contributed by atoms with Crippen molar-refractivity contribution in [3.63, 3.8) is 0 Å². The normalized spacial score (nSPS) is 10.7. The van der Waals surface area contributed by atoms with Gasteiger partial charge in [0.25, 0.3) is 0 Å². The van der Waals surface area contributed by atoms with E-state index in [9.17, 15) is 0 Å². The molecule has 0 aliphatic carbocycles. The Hall–Kier alpha value is -3.11. The minimum absolute atomic E-state index is 0.776. The van der Waals surface area contributed by atoms with Crippen molar-refractivity contribution in [2.75, 3.05) is 0 Å². The summed E-state index contributed by atoms with van der Waals surface area (Å²) >= 11 is 0. The summed E-state index contributed by atoms with van der Waals surface area (Å²) in [6.45, 7) is 2.07. The predicted octanol–water partition coefficient (Wildman–Crippen LogP) is 5.17. The van der Waals surface area contributed by atoms with Crippen LogP contribution >= 0.6 is 0 Å². The van der Waals surface area contributed by atoms with Crippen molar-refractivity contribution in [1.82, 2.24) is 0 Å². The van der Waals surface area contributed by atoms with Crippen LogP contribution in [-0.4, -0.2) is 5.71 Å². The molecule has 1 heteroatoms. The molecule has 0 aromatic heterocycles. The van der Waals surface area contributed by atoms with Crippen molar-refractivity contribution in [2.45, 2.75) is 6.92 Å². The molecule has 0 saturated carbocycles. The maximum Gasteiger partial charge on any atom is 0.121 e. The fourth-order valence-corrected chi connectivity index (χ4v) is 2.16. The molecule has 3 aromatic carbocycles. The Balaban J connectivity index is 2.01. The molecule has 0 bridgehead atoms. The van der Waals surface area contributed by atoms with Gasteiger partial charge in [0.15, 0.2) is 0 Å². The molecule has 0 atom stereocenters. The Morgan fingerprint density at radius 1 is 0.739 bits per heavy atom. The van der Waals surface area contributed by atoms with Crippen LogP contribution in [0.25, 0.3) is 0 Å².